The van der Waals surface area contributed by atoms with Gasteiger partial charge < -0.3 is 5.32 Å². The number of halogens is 1. The van der Waals surface area contributed by atoms with Crippen molar-refractivity contribution < 1.29 is 9.59 Å². The molecule has 1 aliphatic heterocycles. The van der Waals surface area contributed by atoms with Crippen molar-refractivity contribution in [3.05, 3.63) is 142 Å². The highest BCUT2D eigenvalue weighted by molar-refractivity contribution is 6.31. The third kappa shape index (κ3) is 5.71. The molecule has 2 aromatic carbocycles. The van der Waals surface area contributed by atoms with Gasteiger partial charge in [0, 0.05) is 54.3 Å². The number of pyridine rings is 2. The fourth-order valence-corrected chi connectivity index (χ4v) is 4.91. The van der Waals surface area contributed by atoms with Gasteiger partial charge in [0.15, 0.2) is 5.78 Å². The van der Waals surface area contributed by atoms with Gasteiger partial charge in [0.2, 0.25) is 0 Å². The van der Waals surface area contributed by atoms with Gasteiger partial charge in [-0.3, -0.25) is 24.5 Å². The summed E-state index contributed by atoms with van der Waals surface area (Å²) >= 11 is 6.47. The van der Waals surface area contributed by atoms with Crippen LogP contribution in [-0.2, 0) is 24.2 Å². The Morgan fingerprint density at radius 1 is 0.923 bits per heavy atom. The Hall–Kier alpha value is -4.80. The minimum atomic E-state index is -1.07. The molecule has 8 heteroatoms. The van der Waals surface area contributed by atoms with Crippen molar-refractivity contribution in [2.45, 2.75) is 24.9 Å². The highest BCUT2D eigenvalue weighted by Gasteiger charge is 2.49. The Balaban J connectivity index is 1.58. The van der Waals surface area contributed by atoms with E-state index in [-0.39, 0.29) is 18.2 Å². The summed E-state index contributed by atoms with van der Waals surface area (Å²) in [4.78, 5) is 37.5. The number of ketones is 1. The number of hydrogen-bond acceptors (Lipinski definition) is 6. The molecular formula is C31H24ClN5O2. The number of hydrogen-bond donors (Lipinski definition) is 1. The summed E-state index contributed by atoms with van der Waals surface area (Å²) in [5.74, 6) is -0.0742. The van der Waals surface area contributed by atoms with Crippen LogP contribution in [0.15, 0.2) is 109 Å². The van der Waals surface area contributed by atoms with Crippen LogP contribution in [0.1, 0.15) is 32.6 Å². The summed E-state index contributed by atoms with van der Waals surface area (Å²) in [5, 5.41) is 13.1. The number of nitrogens with one attached hydrogen (secondary N) is 1. The smallest absolute Gasteiger partial charge is 0.254 e. The number of amides is 1. The van der Waals surface area contributed by atoms with Gasteiger partial charge in [-0.2, -0.15) is 5.26 Å². The van der Waals surface area contributed by atoms with Crippen molar-refractivity contribution in [3.63, 3.8) is 0 Å². The first-order valence-corrected chi connectivity index (χ1v) is 12.7. The summed E-state index contributed by atoms with van der Waals surface area (Å²) in [6.45, 7) is 0.187. The molecule has 0 radical (unpaired) electrons. The van der Waals surface area contributed by atoms with E-state index in [1.807, 2.05) is 42.5 Å². The van der Waals surface area contributed by atoms with E-state index in [0.717, 1.165) is 16.7 Å². The molecular weight excluding hydrogens is 510 g/mol. The lowest BCUT2D eigenvalue weighted by atomic mass is 9.85. The van der Waals surface area contributed by atoms with Crippen molar-refractivity contribution in [3.8, 4) is 6.07 Å². The van der Waals surface area contributed by atoms with E-state index in [1.165, 1.54) is 6.08 Å². The standard InChI is InChI=1S/C31H24ClN5O2/c32-27-4-2-1-3-26(27)21-37-29(17-28(38)25-7-5-24(20-33)6-8-25)36-31(30(37)39,18-22-9-13-34-14-10-22)19-23-11-15-35-16-12-23/h1-17,36H,18-19,21H2. The van der Waals surface area contributed by atoms with Gasteiger partial charge in [0.1, 0.15) is 11.4 Å². The number of nitrogens with zero attached hydrogens (tertiary/aromatic N) is 4. The summed E-state index contributed by atoms with van der Waals surface area (Å²) in [7, 11) is 0. The summed E-state index contributed by atoms with van der Waals surface area (Å²) in [6.07, 6.45) is 8.97. The van der Waals surface area contributed by atoms with Crippen LogP contribution < -0.4 is 5.32 Å². The molecule has 1 N–H and O–H groups in total. The molecule has 1 aliphatic rings. The summed E-state index contributed by atoms with van der Waals surface area (Å²) in [6, 6.07) is 23.3. The molecule has 5 rings (SSSR count). The lowest BCUT2D eigenvalue weighted by Crippen LogP contribution is -2.50. The Labute approximate surface area is 231 Å². The minimum absolute atomic E-state index is 0.171. The van der Waals surface area contributed by atoms with Gasteiger partial charge in [0.25, 0.3) is 5.91 Å². The molecule has 0 aliphatic carbocycles. The SMILES string of the molecule is N#Cc1ccc(C(=O)C=C2NC(Cc3ccncc3)(Cc3ccncc3)C(=O)N2Cc2ccccc2Cl)cc1. The highest BCUT2D eigenvalue weighted by Crippen LogP contribution is 2.33. The van der Waals surface area contributed by atoms with Crippen molar-refractivity contribution in [1.82, 2.24) is 20.2 Å². The molecule has 0 spiro atoms. The zero-order valence-corrected chi connectivity index (χ0v) is 21.7. The average molecular weight is 534 g/mol. The van der Waals surface area contributed by atoms with Crippen molar-refractivity contribution in [1.29, 1.82) is 5.26 Å². The van der Waals surface area contributed by atoms with Crippen LogP contribution in [-0.4, -0.2) is 32.1 Å². The topological polar surface area (TPSA) is 99.0 Å². The zero-order valence-electron chi connectivity index (χ0n) is 20.9. The molecule has 39 heavy (non-hydrogen) atoms. The van der Waals surface area contributed by atoms with Crippen molar-refractivity contribution in [2.24, 2.45) is 0 Å². The molecule has 1 fully saturated rings. The second-order valence-electron chi connectivity index (χ2n) is 9.34. The highest BCUT2D eigenvalue weighted by atomic mass is 35.5. The van der Waals surface area contributed by atoms with Gasteiger partial charge in [-0.25, -0.2) is 0 Å². The maximum absolute atomic E-state index is 14.4. The molecule has 4 aromatic rings. The number of benzene rings is 2. The van der Waals surface area contributed by atoms with E-state index in [4.69, 9.17) is 16.9 Å². The van der Waals surface area contributed by atoms with Crippen LogP contribution in [0.2, 0.25) is 5.02 Å². The van der Waals surface area contributed by atoms with E-state index in [9.17, 15) is 9.59 Å². The average Bonchev–Trinajstić information content (AvgIpc) is 3.20. The molecule has 0 bridgehead atoms. The van der Waals surface area contributed by atoms with Crippen LogP contribution in [0.3, 0.4) is 0 Å². The van der Waals surface area contributed by atoms with Crippen LogP contribution >= 0.6 is 11.6 Å². The summed E-state index contributed by atoms with van der Waals surface area (Å²) < 4.78 is 0. The number of rotatable bonds is 8. The molecule has 1 amide bonds. The third-order valence-corrected chi connectivity index (χ3v) is 7.04. The van der Waals surface area contributed by atoms with Crippen molar-refractivity contribution in [2.75, 3.05) is 0 Å². The van der Waals surface area contributed by atoms with E-state index < -0.39 is 5.54 Å². The van der Waals surface area contributed by atoms with Crippen LogP contribution in [0, 0.1) is 11.3 Å². The van der Waals surface area contributed by atoms with Gasteiger partial charge in [-0.05, 0) is 71.3 Å². The fourth-order valence-electron chi connectivity index (χ4n) is 4.72. The normalized spacial score (nSPS) is 15.1. The Bertz CT molecular complexity index is 1520. The minimum Gasteiger partial charge on any atom is -0.357 e. The second kappa shape index (κ2) is 11.3. The predicted molar refractivity (Wildman–Crippen MR) is 147 cm³/mol. The van der Waals surface area contributed by atoms with E-state index in [2.05, 4.69) is 21.4 Å². The Morgan fingerprint density at radius 3 is 2.08 bits per heavy atom. The number of aromatic nitrogens is 2. The van der Waals surface area contributed by atoms with Crippen LogP contribution in [0.25, 0.3) is 0 Å². The van der Waals surface area contributed by atoms with E-state index >= 15 is 0 Å². The Kier molecular flexibility index (Phi) is 7.48. The third-order valence-electron chi connectivity index (χ3n) is 6.68. The number of carbonyl (C=O) groups excluding carboxylic acids is 2. The number of allylic oxidation sites excluding steroid dienone is 1. The fraction of sp³-hybridized carbons (Fsp3) is 0.129. The molecule has 3 heterocycles. The quantitative estimate of drug-likeness (QED) is 0.256. The number of carbonyl (C=O) groups is 2. The van der Waals surface area contributed by atoms with Crippen LogP contribution in [0.4, 0.5) is 0 Å². The summed E-state index contributed by atoms with van der Waals surface area (Å²) in [5.41, 5.74) is 2.42. The van der Waals surface area contributed by atoms with E-state index in [1.54, 1.807) is 60.0 Å². The predicted octanol–water partition coefficient (Wildman–Crippen LogP) is 4.88. The molecule has 192 valence electrons. The second-order valence-corrected chi connectivity index (χ2v) is 9.74. The lowest BCUT2D eigenvalue weighted by Gasteiger charge is -2.28. The van der Waals surface area contributed by atoms with Gasteiger partial charge in [-0.1, -0.05) is 29.8 Å². The molecule has 0 saturated carbocycles. The first-order chi connectivity index (χ1) is 19.0. The number of nitriles is 1. The molecule has 7 nitrogen and oxygen atoms in total. The zero-order chi connectivity index (χ0) is 27.2. The first kappa shape index (κ1) is 25.8. The van der Waals surface area contributed by atoms with Gasteiger partial charge in [0.05, 0.1) is 18.2 Å². The molecule has 2 aromatic heterocycles. The maximum Gasteiger partial charge on any atom is 0.254 e. The Morgan fingerprint density at radius 2 is 1.51 bits per heavy atom. The lowest BCUT2D eigenvalue weighted by molar-refractivity contribution is -0.132. The van der Waals surface area contributed by atoms with Crippen LogP contribution in [0.5, 0.6) is 0 Å². The van der Waals surface area contributed by atoms with Crippen molar-refractivity contribution >= 4 is 23.3 Å². The first-order valence-electron chi connectivity index (χ1n) is 12.3. The van der Waals surface area contributed by atoms with Gasteiger partial charge in [-0.15, -0.1) is 0 Å². The molecule has 1 saturated heterocycles. The largest absolute Gasteiger partial charge is 0.357 e. The van der Waals surface area contributed by atoms with Gasteiger partial charge >= 0.3 is 0 Å². The maximum atomic E-state index is 14.4. The monoisotopic (exact) mass is 533 g/mol. The molecule has 0 atom stereocenters. The molecule has 0 unspecified atom stereocenters. The van der Waals surface area contributed by atoms with E-state index in [0.29, 0.717) is 34.8 Å².